The highest BCUT2D eigenvalue weighted by atomic mass is 79.9. The molecule has 98 valence electrons. The maximum absolute atomic E-state index is 5.50. The molecule has 0 atom stereocenters. The van der Waals surface area contributed by atoms with Gasteiger partial charge in [-0.2, -0.15) is 0 Å². The van der Waals surface area contributed by atoms with Crippen LogP contribution in [0.2, 0.25) is 0 Å². The molecular weight excluding hydrogens is 310 g/mol. The van der Waals surface area contributed by atoms with Gasteiger partial charge in [0.2, 0.25) is 4.73 Å². The molecule has 19 heavy (non-hydrogen) atoms. The zero-order chi connectivity index (χ0) is 13.4. The number of fused-ring (bicyclic) bond motifs is 1. The third-order valence-electron chi connectivity index (χ3n) is 2.77. The van der Waals surface area contributed by atoms with E-state index in [4.69, 9.17) is 4.42 Å². The summed E-state index contributed by atoms with van der Waals surface area (Å²) in [5, 5.41) is 7.41. The minimum atomic E-state index is 0.591. The predicted molar refractivity (Wildman–Crippen MR) is 74.8 cm³/mol. The minimum absolute atomic E-state index is 0.591. The Hall–Kier alpha value is -1.89. The summed E-state index contributed by atoms with van der Waals surface area (Å²) in [5.74, 6) is 1.52. The first-order valence-corrected chi connectivity index (χ1v) is 6.57. The molecular formula is C12H12BrN5O. The lowest BCUT2D eigenvalue weighted by molar-refractivity contribution is 0.561. The molecule has 1 N–H and O–H groups in total. The van der Waals surface area contributed by atoms with Crippen LogP contribution in [0.1, 0.15) is 11.7 Å². The van der Waals surface area contributed by atoms with Gasteiger partial charge < -0.3 is 9.73 Å². The Morgan fingerprint density at radius 1 is 1.37 bits per heavy atom. The van der Waals surface area contributed by atoms with Crippen molar-refractivity contribution in [3.63, 3.8) is 0 Å². The van der Waals surface area contributed by atoms with Gasteiger partial charge in [0.05, 0.1) is 6.54 Å². The van der Waals surface area contributed by atoms with Crippen LogP contribution in [-0.2, 0) is 13.6 Å². The molecule has 0 aliphatic carbocycles. The number of rotatable bonds is 3. The molecule has 0 bridgehead atoms. The van der Waals surface area contributed by atoms with E-state index in [2.05, 4.69) is 36.3 Å². The van der Waals surface area contributed by atoms with Crippen LogP contribution in [0.25, 0.3) is 11.1 Å². The van der Waals surface area contributed by atoms with Gasteiger partial charge in [0.1, 0.15) is 11.3 Å². The second kappa shape index (κ2) is 4.65. The molecule has 0 unspecified atom stereocenters. The average Bonchev–Trinajstić information content (AvgIpc) is 2.87. The maximum Gasteiger partial charge on any atom is 0.217 e. The van der Waals surface area contributed by atoms with E-state index in [9.17, 15) is 0 Å². The van der Waals surface area contributed by atoms with Crippen molar-refractivity contribution < 1.29 is 4.42 Å². The summed E-state index contributed by atoms with van der Waals surface area (Å²) in [6, 6.07) is 5.83. The first kappa shape index (κ1) is 12.2. The summed E-state index contributed by atoms with van der Waals surface area (Å²) >= 11 is 3.25. The Kier molecular flexibility index (Phi) is 2.98. The van der Waals surface area contributed by atoms with E-state index in [-0.39, 0.29) is 0 Å². The highest BCUT2D eigenvalue weighted by molar-refractivity contribution is 9.10. The van der Waals surface area contributed by atoms with Gasteiger partial charge in [0.25, 0.3) is 0 Å². The highest BCUT2D eigenvalue weighted by Gasteiger charge is 2.06. The van der Waals surface area contributed by atoms with Crippen LogP contribution in [0.15, 0.2) is 27.3 Å². The molecule has 3 aromatic rings. The summed E-state index contributed by atoms with van der Waals surface area (Å²) in [6.45, 7) is 2.43. The molecule has 0 saturated heterocycles. The highest BCUT2D eigenvalue weighted by Crippen LogP contribution is 2.20. The van der Waals surface area contributed by atoms with Crippen LogP contribution in [-0.4, -0.2) is 19.7 Å². The smallest absolute Gasteiger partial charge is 0.217 e. The van der Waals surface area contributed by atoms with Gasteiger partial charge in [-0.15, -0.1) is 5.10 Å². The summed E-state index contributed by atoms with van der Waals surface area (Å²) < 4.78 is 7.82. The van der Waals surface area contributed by atoms with Gasteiger partial charge in [-0.05, 0) is 28.1 Å². The van der Waals surface area contributed by atoms with Crippen molar-refractivity contribution in [1.29, 1.82) is 0 Å². The first-order chi connectivity index (χ1) is 9.11. The van der Waals surface area contributed by atoms with Gasteiger partial charge in [-0.3, -0.25) is 4.68 Å². The van der Waals surface area contributed by atoms with E-state index in [0.717, 1.165) is 22.6 Å². The van der Waals surface area contributed by atoms with Crippen molar-refractivity contribution in [2.24, 2.45) is 7.05 Å². The van der Waals surface area contributed by atoms with Crippen LogP contribution in [0, 0.1) is 6.92 Å². The Labute approximate surface area is 118 Å². The third kappa shape index (κ3) is 2.46. The van der Waals surface area contributed by atoms with Gasteiger partial charge >= 0.3 is 0 Å². The van der Waals surface area contributed by atoms with E-state index in [0.29, 0.717) is 17.2 Å². The van der Waals surface area contributed by atoms with E-state index < -0.39 is 0 Å². The second-order valence-electron chi connectivity index (χ2n) is 4.19. The molecule has 6 nitrogen and oxygen atoms in total. The number of halogens is 1. The molecule has 0 amide bonds. The Morgan fingerprint density at radius 2 is 2.21 bits per heavy atom. The predicted octanol–water partition coefficient (Wildman–Crippen LogP) is 2.64. The lowest BCUT2D eigenvalue weighted by Gasteiger charge is -2.04. The van der Waals surface area contributed by atoms with E-state index >= 15 is 0 Å². The molecule has 2 heterocycles. The van der Waals surface area contributed by atoms with Crippen LogP contribution in [0.4, 0.5) is 5.69 Å². The fraction of sp³-hybridized carbons (Fsp3) is 0.250. The van der Waals surface area contributed by atoms with Crippen molar-refractivity contribution in [3.8, 4) is 0 Å². The first-order valence-electron chi connectivity index (χ1n) is 5.78. The van der Waals surface area contributed by atoms with Gasteiger partial charge in [-0.25, -0.2) is 9.97 Å². The zero-order valence-corrected chi connectivity index (χ0v) is 12.1. The fourth-order valence-electron chi connectivity index (χ4n) is 1.87. The number of oxazole rings is 1. The Balaban J connectivity index is 1.79. The number of aromatic nitrogens is 4. The van der Waals surface area contributed by atoms with Crippen LogP contribution < -0.4 is 5.32 Å². The number of aryl methyl sites for hydroxylation is 2. The van der Waals surface area contributed by atoms with Crippen LogP contribution >= 0.6 is 15.9 Å². The van der Waals surface area contributed by atoms with Crippen molar-refractivity contribution in [2.45, 2.75) is 13.5 Å². The van der Waals surface area contributed by atoms with Crippen LogP contribution in [0.5, 0.6) is 0 Å². The molecule has 0 saturated carbocycles. The maximum atomic E-state index is 5.50. The van der Waals surface area contributed by atoms with E-state index in [1.165, 1.54) is 0 Å². The molecule has 0 radical (unpaired) electrons. The van der Waals surface area contributed by atoms with E-state index in [1.807, 2.05) is 32.2 Å². The van der Waals surface area contributed by atoms with Crippen molar-refractivity contribution in [3.05, 3.63) is 34.6 Å². The van der Waals surface area contributed by atoms with Crippen molar-refractivity contribution >= 4 is 32.7 Å². The van der Waals surface area contributed by atoms with Gasteiger partial charge in [-0.1, -0.05) is 0 Å². The molecule has 7 heteroatoms. The molecule has 1 aromatic carbocycles. The number of hydrogen-bond acceptors (Lipinski definition) is 5. The molecule has 3 rings (SSSR count). The normalized spacial score (nSPS) is 11.1. The number of hydrogen-bond donors (Lipinski definition) is 1. The number of nitrogens with zero attached hydrogens (tertiary/aromatic N) is 4. The SMILES string of the molecule is Cc1nc2ccc(NCc3nc(Br)nn3C)cc2o1. The second-order valence-corrected chi connectivity index (χ2v) is 4.90. The average molecular weight is 322 g/mol. The van der Waals surface area contributed by atoms with E-state index in [1.54, 1.807) is 4.68 Å². The number of anilines is 1. The molecule has 0 aliphatic rings. The number of nitrogens with one attached hydrogen (secondary N) is 1. The van der Waals surface area contributed by atoms with Crippen LogP contribution in [0.3, 0.4) is 0 Å². The number of benzene rings is 1. The van der Waals surface area contributed by atoms with Crippen molar-refractivity contribution in [2.75, 3.05) is 5.32 Å². The molecule has 0 aliphatic heterocycles. The van der Waals surface area contributed by atoms with Gasteiger partial charge in [0.15, 0.2) is 11.5 Å². The fourth-order valence-corrected chi connectivity index (χ4v) is 2.31. The largest absolute Gasteiger partial charge is 0.441 e. The standard InChI is InChI=1S/C12H12BrN5O/c1-7-15-9-4-3-8(5-10(9)19-7)14-6-11-16-12(13)17-18(11)2/h3-5,14H,6H2,1-2H3. The third-order valence-corrected chi connectivity index (χ3v) is 3.11. The Bertz CT molecular complexity index is 733. The van der Waals surface area contributed by atoms with Gasteiger partial charge in [0, 0.05) is 25.7 Å². The zero-order valence-electron chi connectivity index (χ0n) is 10.5. The van der Waals surface area contributed by atoms with Crippen molar-refractivity contribution in [1.82, 2.24) is 19.7 Å². The molecule has 2 aromatic heterocycles. The summed E-state index contributed by atoms with van der Waals surface area (Å²) in [5.41, 5.74) is 2.61. The quantitative estimate of drug-likeness (QED) is 0.803. The minimum Gasteiger partial charge on any atom is -0.441 e. The molecule has 0 spiro atoms. The summed E-state index contributed by atoms with van der Waals surface area (Å²) in [6.07, 6.45) is 0. The monoisotopic (exact) mass is 321 g/mol. The lowest BCUT2D eigenvalue weighted by Crippen LogP contribution is -2.06. The molecule has 0 fully saturated rings. The summed E-state index contributed by atoms with van der Waals surface area (Å²) in [7, 11) is 1.86. The Morgan fingerprint density at radius 3 is 2.95 bits per heavy atom. The lowest BCUT2D eigenvalue weighted by atomic mass is 10.3. The topological polar surface area (TPSA) is 68.8 Å². The summed E-state index contributed by atoms with van der Waals surface area (Å²) in [4.78, 5) is 8.52.